The maximum Gasteiger partial charge on any atom is 0.254 e. The lowest BCUT2D eigenvalue weighted by Gasteiger charge is -2.32. The van der Waals surface area contributed by atoms with E-state index in [0.29, 0.717) is 5.56 Å². The zero-order chi connectivity index (χ0) is 27.3. The second-order valence-corrected chi connectivity index (χ2v) is 10.7. The number of carbonyl (C=O) groups excluding carboxylic acids is 3. The van der Waals surface area contributed by atoms with Crippen molar-refractivity contribution in [2.24, 2.45) is 0 Å². The van der Waals surface area contributed by atoms with Gasteiger partial charge < -0.3 is 25.3 Å². The summed E-state index contributed by atoms with van der Waals surface area (Å²) in [4.78, 5) is 42.6. The number of likely N-dealkylation sites (N-methyl/N-ethyl adjacent to an activating group) is 1. The third kappa shape index (κ3) is 6.45. The van der Waals surface area contributed by atoms with Gasteiger partial charge in [0.05, 0.1) is 18.5 Å². The van der Waals surface area contributed by atoms with Crippen LogP contribution in [0.25, 0.3) is 0 Å². The van der Waals surface area contributed by atoms with Crippen molar-refractivity contribution in [1.29, 1.82) is 0 Å². The Labute approximate surface area is 222 Å². The number of phenols is 1. The van der Waals surface area contributed by atoms with Crippen molar-refractivity contribution >= 4 is 29.5 Å². The van der Waals surface area contributed by atoms with Gasteiger partial charge >= 0.3 is 0 Å². The first-order chi connectivity index (χ1) is 17.5. The molecule has 37 heavy (non-hydrogen) atoms. The van der Waals surface area contributed by atoms with Crippen molar-refractivity contribution in [2.75, 3.05) is 19.5 Å². The summed E-state index contributed by atoms with van der Waals surface area (Å²) in [5.41, 5.74) is 2.46. The lowest BCUT2D eigenvalue weighted by atomic mass is 9.97. The lowest BCUT2D eigenvalue weighted by molar-refractivity contribution is -0.149. The number of benzene rings is 2. The predicted molar refractivity (Wildman–Crippen MR) is 144 cm³/mol. The Kier molecular flexibility index (Phi) is 9.24. The molecule has 3 amide bonds. The number of nitrogens with zero attached hydrogens (tertiary/aromatic N) is 2. The smallest absolute Gasteiger partial charge is 0.254 e. The first-order valence-electron chi connectivity index (χ1n) is 12.0. The molecule has 1 heterocycles. The average Bonchev–Trinajstić information content (AvgIpc) is 3.25. The molecule has 3 rings (SSSR count). The number of amides is 3. The van der Waals surface area contributed by atoms with Crippen LogP contribution in [0.5, 0.6) is 5.75 Å². The Morgan fingerprint density at radius 2 is 1.95 bits per heavy atom. The zero-order valence-corrected chi connectivity index (χ0v) is 22.3. The van der Waals surface area contributed by atoms with Gasteiger partial charge in [-0.2, -0.15) is 0 Å². The molecule has 0 aliphatic carbocycles. The molecule has 3 N–H and O–H groups in total. The van der Waals surface area contributed by atoms with E-state index < -0.39 is 30.0 Å². The Hall–Kier alpha value is -3.48. The van der Waals surface area contributed by atoms with E-state index in [1.807, 2.05) is 38.1 Å². The van der Waals surface area contributed by atoms with E-state index in [0.717, 1.165) is 11.1 Å². The molecule has 0 saturated carbocycles. The SMILES string of the molecule is C#CCN(C)C(=O)C1[C@@H](C)SCN1C(=O)[C@@H](O)[C@H](Cc1cccc(C)c1)NC(=O)c1cccc(O)c1C. The highest BCUT2D eigenvalue weighted by atomic mass is 32.2. The number of nitrogens with one attached hydrogen (secondary N) is 1. The third-order valence-corrected chi connectivity index (χ3v) is 7.75. The summed E-state index contributed by atoms with van der Waals surface area (Å²) in [6.07, 6.45) is 3.93. The molecule has 0 spiro atoms. The van der Waals surface area contributed by atoms with E-state index in [4.69, 9.17) is 6.42 Å². The number of carbonyl (C=O) groups is 3. The van der Waals surface area contributed by atoms with Crippen LogP contribution >= 0.6 is 11.8 Å². The van der Waals surface area contributed by atoms with E-state index in [2.05, 4.69) is 11.2 Å². The van der Waals surface area contributed by atoms with Gasteiger partial charge in [0.25, 0.3) is 11.8 Å². The topological polar surface area (TPSA) is 110 Å². The molecule has 1 unspecified atom stereocenters. The highest BCUT2D eigenvalue weighted by Gasteiger charge is 2.44. The van der Waals surface area contributed by atoms with Gasteiger partial charge in [0.2, 0.25) is 5.91 Å². The number of rotatable bonds is 8. The minimum atomic E-state index is -1.61. The number of phenolic OH excluding ortho intramolecular Hbond substituents is 1. The second-order valence-electron chi connectivity index (χ2n) is 9.32. The highest BCUT2D eigenvalue weighted by molar-refractivity contribution is 8.00. The van der Waals surface area contributed by atoms with E-state index in [1.165, 1.54) is 27.6 Å². The molecule has 1 fully saturated rings. The number of aromatic hydroxyl groups is 1. The molecule has 1 aliphatic rings. The molecular formula is C28H33N3O5S. The van der Waals surface area contributed by atoms with Gasteiger partial charge in [0.1, 0.15) is 11.8 Å². The van der Waals surface area contributed by atoms with Gasteiger partial charge in [-0.1, -0.05) is 48.7 Å². The molecule has 2 aromatic rings. The number of aryl methyl sites for hydroxylation is 1. The van der Waals surface area contributed by atoms with E-state index in [-0.39, 0.29) is 41.3 Å². The number of thioether (sulfide) groups is 1. The molecular weight excluding hydrogens is 490 g/mol. The summed E-state index contributed by atoms with van der Waals surface area (Å²) in [5.74, 6) is 1.16. The Bertz CT molecular complexity index is 1210. The molecule has 1 saturated heterocycles. The van der Waals surface area contributed by atoms with Gasteiger partial charge in [-0.15, -0.1) is 18.2 Å². The Morgan fingerprint density at radius 1 is 1.24 bits per heavy atom. The van der Waals surface area contributed by atoms with Crippen LogP contribution in [-0.2, 0) is 16.0 Å². The van der Waals surface area contributed by atoms with Crippen LogP contribution in [0, 0.1) is 26.2 Å². The minimum Gasteiger partial charge on any atom is -0.508 e. The zero-order valence-electron chi connectivity index (χ0n) is 21.5. The second kappa shape index (κ2) is 12.2. The molecule has 9 heteroatoms. The molecule has 196 valence electrons. The number of aliphatic hydroxyl groups excluding tert-OH is 1. The van der Waals surface area contributed by atoms with Gasteiger partial charge in [0.15, 0.2) is 6.10 Å². The Morgan fingerprint density at radius 3 is 2.62 bits per heavy atom. The van der Waals surface area contributed by atoms with Crippen molar-refractivity contribution in [1.82, 2.24) is 15.1 Å². The van der Waals surface area contributed by atoms with Gasteiger partial charge in [-0.05, 0) is 38.0 Å². The summed E-state index contributed by atoms with van der Waals surface area (Å²) in [7, 11) is 1.58. The monoisotopic (exact) mass is 523 g/mol. The normalized spacial score (nSPS) is 18.5. The van der Waals surface area contributed by atoms with Crippen molar-refractivity contribution in [3.8, 4) is 18.1 Å². The summed E-state index contributed by atoms with van der Waals surface area (Å²) in [6, 6.07) is 10.4. The maximum atomic E-state index is 13.6. The number of terminal acetylenes is 1. The summed E-state index contributed by atoms with van der Waals surface area (Å²) >= 11 is 1.43. The number of hydrogen-bond acceptors (Lipinski definition) is 6. The molecule has 4 atom stereocenters. The van der Waals surface area contributed by atoms with E-state index in [1.54, 1.807) is 26.1 Å². The predicted octanol–water partition coefficient (Wildman–Crippen LogP) is 2.09. The quantitative estimate of drug-likeness (QED) is 0.457. The molecule has 8 nitrogen and oxygen atoms in total. The van der Waals surface area contributed by atoms with Crippen molar-refractivity contribution in [3.05, 3.63) is 64.7 Å². The summed E-state index contributed by atoms with van der Waals surface area (Å²) in [6.45, 7) is 5.51. The minimum absolute atomic E-state index is 0.0277. The van der Waals surface area contributed by atoms with Gasteiger partial charge in [-0.3, -0.25) is 14.4 Å². The third-order valence-electron chi connectivity index (χ3n) is 6.54. The van der Waals surface area contributed by atoms with Crippen LogP contribution in [0.2, 0.25) is 0 Å². The standard InChI is InChI=1S/C28H33N3O5S/c1-6-13-30(5)27(35)24-19(4)37-16-31(24)28(36)25(33)22(15-20-10-7-9-17(2)14-20)29-26(34)21-11-8-12-23(32)18(21)3/h1,7-12,14,19,22,24-25,32-33H,13,15-16H2,2-5H3,(H,29,34)/t19-,22+,24?,25+/m1/s1. The van der Waals surface area contributed by atoms with Crippen molar-refractivity contribution in [2.45, 2.75) is 50.6 Å². The molecule has 2 aromatic carbocycles. The fourth-order valence-electron chi connectivity index (χ4n) is 4.39. The first kappa shape index (κ1) is 28.1. The Balaban J connectivity index is 1.89. The first-order valence-corrected chi connectivity index (χ1v) is 13.0. The lowest BCUT2D eigenvalue weighted by Crippen LogP contribution is -2.57. The van der Waals surface area contributed by atoms with Gasteiger partial charge in [0, 0.05) is 23.4 Å². The number of hydrogen-bond donors (Lipinski definition) is 3. The van der Waals surface area contributed by atoms with Gasteiger partial charge in [-0.25, -0.2) is 0 Å². The van der Waals surface area contributed by atoms with E-state index >= 15 is 0 Å². The van der Waals surface area contributed by atoms with Crippen LogP contribution in [0.15, 0.2) is 42.5 Å². The van der Waals surface area contributed by atoms with Crippen LogP contribution in [0.1, 0.15) is 34.0 Å². The fourth-order valence-corrected chi connectivity index (χ4v) is 5.52. The summed E-state index contributed by atoms with van der Waals surface area (Å²) < 4.78 is 0. The average molecular weight is 524 g/mol. The summed E-state index contributed by atoms with van der Waals surface area (Å²) in [5, 5.41) is 23.9. The molecule has 0 aromatic heterocycles. The highest BCUT2D eigenvalue weighted by Crippen LogP contribution is 2.31. The van der Waals surface area contributed by atoms with Crippen molar-refractivity contribution in [3.63, 3.8) is 0 Å². The van der Waals surface area contributed by atoms with Crippen molar-refractivity contribution < 1.29 is 24.6 Å². The van der Waals surface area contributed by atoms with Crippen LogP contribution in [0.3, 0.4) is 0 Å². The molecule has 0 bridgehead atoms. The fraction of sp³-hybridized carbons (Fsp3) is 0.393. The number of aliphatic hydroxyl groups is 1. The molecule has 0 radical (unpaired) electrons. The van der Waals surface area contributed by atoms with Crippen LogP contribution in [0.4, 0.5) is 0 Å². The van der Waals surface area contributed by atoms with Crippen LogP contribution in [-0.4, -0.2) is 80.6 Å². The largest absolute Gasteiger partial charge is 0.508 e. The molecule has 1 aliphatic heterocycles. The maximum absolute atomic E-state index is 13.6. The van der Waals surface area contributed by atoms with E-state index in [9.17, 15) is 24.6 Å². The van der Waals surface area contributed by atoms with Crippen LogP contribution < -0.4 is 5.32 Å².